The minimum absolute atomic E-state index is 0.0157. The van der Waals surface area contributed by atoms with Crippen molar-refractivity contribution >= 4 is 41.2 Å². The Hall–Kier alpha value is -2.98. The maximum atomic E-state index is 12.9. The number of rotatable bonds is 5. The van der Waals surface area contributed by atoms with Gasteiger partial charge >= 0.3 is 6.03 Å². The van der Waals surface area contributed by atoms with Crippen LogP contribution in [0.2, 0.25) is 0 Å². The zero-order valence-electron chi connectivity index (χ0n) is 17.1. The first-order chi connectivity index (χ1) is 15.0. The fourth-order valence-electron chi connectivity index (χ4n) is 3.63. The first-order valence-electron chi connectivity index (χ1n) is 10.1. The molecule has 2 aromatic heterocycles. The van der Waals surface area contributed by atoms with Crippen LogP contribution in [0.15, 0.2) is 47.8 Å². The molecule has 1 atom stereocenters. The predicted molar refractivity (Wildman–Crippen MR) is 124 cm³/mol. The van der Waals surface area contributed by atoms with E-state index in [0.29, 0.717) is 36.5 Å². The number of likely N-dealkylation sites (tertiary alicyclic amines) is 1. The van der Waals surface area contributed by atoms with Gasteiger partial charge in [0.2, 0.25) is 5.91 Å². The van der Waals surface area contributed by atoms with E-state index in [-0.39, 0.29) is 18.0 Å². The van der Waals surface area contributed by atoms with Crippen molar-refractivity contribution in [2.24, 2.45) is 0 Å². The van der Waals surface area contributed by atoms with E-state index in [1.165, 1.54) is 0 Å². The third-order valence-electron chi connectivity index (χ3n) is 5.37. The number of piperidine rings is 1. The molecule has 0 bridgehead atoms. The summed E-state index contributed by atoms with van der Waals surface area (Å²) in [6, 6.07) is 12.7. The van der Waals surface area contributed by atoms with Crippen molar-refractivity contribution < 1.29 is 9.59 Å². The number of nitrogens with one attached hydrogen (secondary N) is 3. The second-order valence-corrected chi connectivity index (χ2v) is 8.78. The van der Waals surface area contributed by atoms with E-state index < -0.39 is 6.04 Å². The van der Waals surface area contributed by atoms with Crippen LogP contribution >= 0.6 is 23.6 Å². The number of aromatic nitrogens is 3. The summed E-state index contributed by atoms with van der Waals surface area (Å²) in [4.78, 5) is 28.1. The number of H-pyrrole nitrogens is 1. The molecular formula is C21H24N6O2S2. The van der Waals surface area contributed by atoms with Crippen LogP contribution in [0.5, 0.6) is 0 Å². The number of amides is 3. The van der Waals surface area contributed by atoms with Gasteiger partial charge in [-0.3, -0.25) is 14.5 Å². The van der Waals surface area contributed by atoms with E-state index in [9.17, 15) is 9.59 Å². The number of urea groups is 1. The van der Waals surface area contributed by atoms with Gasteiger partial charge in [0.15, 0.2) is 10.6 Å². The average molecular weight is 457 g/mol. The molecule has 0 aliphatic carbocycles. The van der Waals surface area contributed by atoms with E-state index in [1.807, 2.05) is 54.8 Å². The normalized spacial score (nSPS) is 15.5. The molecule has 3 N–H and O–H groups in total. The van der Waals surface area contributed by atoms with E-state index >= 15 is 0 Å². The maximum absolute atomic E-state index is 12.9. The van der Waals surface area contributed by atoms with Gasteiger partial charge in [0.1, 0.15) is 6.04 Å². The van der Waals surface area contributed by atoms with Crippen LogP contribution in [0.4, 0.5) is 10.5 Å². The lowest BCUT2D eigenvalue weighted by molar-refractivity contribution is -0.124. The van der Waals surface area contributed by atoms with Crippen LogP contribution in [0.25, 0.3) is 10.7 Å². The van der Waals surface area contributed by atoms with Crippen LogP contribution in [-0.4, -0.2) is 50.7 Å². The lowest BCUT2D eigenvalue weighted by Crippen LogP contribution is -2.48. The number of hydrogen-bond donors (Lipinski definition) is 3. The first kappa shape index (κ1) is 21.3. The Morgan fingerprint density at radius 3 is 2.61 bits per heavy atom. The highest BCUT2D eigenvalue weighted by Crippen LogP contribution is 2.26. The van der Waals surface area contributed by atoms with E-state index in [1.54, 1.807) is 20.8 Å². The second-order valence-electron chi connectivity index (χ2n) is 7.44. The molecule has 1 aromatic carbocycles. The van der Waals surface area contributed by atoms with Crippen molar-refractivity contribution in [1.29, 1.82) is 0 Å². The lowest BCUT2D eigenvalue weighted by atomic mass is 10.0. The molecule has 3 heterocycles. The van der Waals surface area contributed by atoms with Crippen LogP contribution in [0, 0.1) is 4.77 Å². The molecule has 1 aliphatic heterocycles. The van der Waals surface area contributed by atoms with Gasteiger partial charge in [-0.25, -0.2) is 4.79 Å². The number of nitrogens with zero attached hydrogens (tertiary/aromatic N) is 3. The Bertz CT molecular complexity index is 1080. The minimum atomic E-state index is -0.497. The molecule has 3 amide bonds. The fraction of sp³-hybridized carbons (Fsp3) is 0.333. The summed E-state index contributed by atoms with van der Waals surface area (Å²) in [6.45, 7) is 2.99. The minimum Gasteiger partial charge on any atom is -0.351 e. The molecule has 8 nitrogen and oxygen atoms in total. The average Bonchev–Trinajstić information content (AvgIpc) is 3.44. The topological polar surface area (TPSA) is 95.1 Å². The van der Waals surface area contributed by atoms with Crippen molar-refractivity contribution in [2.45, 2.75) is 31.8 Å². The number of anilines is 1. The number of carbonyl (C=O) groups is 2. The van der Waals surface area contributed by atoms with Crippen molar-refractivity contribution in [3.05, 3.63) is 52.6 Å². The molecule has 31 heavy (non-hydrogen) atoms. The van der Waals surface area contributed by atoms with Gasteiger partial charge in [-0.1, -0.05) is 24.3 Å². The maximum Gasteiger partial charge on any atom is 0.321 e. The predicted octanol–water partition coefficient (Wildman–Crippen LogP) is 4.04. The third-order valence-corrected chi connectivity index (χ3v) is 6.52. The summed E-state index contributed by atoms with van der Waals surface area (Å²) < 4.78 is 2.16. The van der Waals surface area contributed by atoms with Gasteiger partial charge in [0.05, 0.1) is 4.88 Å². The summed E-state index contributed by atoms with van der Waals surface area (Å²) in [5.41, 5.74) is 0.773. The number of hydrogen-bond acceptors (Lipinski definition) is 5. The third kappa shape index (κ3) is 4.86. The van der Waals surface area contributed by atoms with Gasteiger partial charge in [-0.05, 0) is 55.6 Å². The number of thiophene rings is 1. The summed E-state index contributed by atoms with van der Waals surface area (Å²) in [5, 5.41) is 15.1. The Morgan fingerprint density at radius 1 is 1.19 bits per heavy atom. The van der Waals surface area contributed by atoms with Gasteiger partial charge in [0, 0.05) is 24.8 Å². The Morgan fingerprint density at radius 2 is 1.94 bits per heavy atom. The van der Waals surface area contributed by atoms with Gasteiger partial charge < -0.3 is 15.5 Å². The smallest absolute Gasteiger partial charge is 0.321 e. The van der Waals surface area contributed by atoms with Crippen molar-refractivity contribution in [2.75, 3.05) is 18.4 Å². The van der Waals surface area contributed by atoms with E-state index in [0.717, 1.165) is 10.6 Å². The van der Waals surface area contributed by atoms with Crippen LogP contribution in [0.1, 0.15) is 25.8 Å². The highest BCUT2D eigenvalue weighted by atomic mass is 32.1. The van der Waals surface area contributed by atoms with Gasteiger partial charge in [0.25, 0.3) is 0 Å². The molecule has 0 spiro atoms. The summed E-state index contributed by atoms with van der Waals surface area (Å²) in [5.74, 6) is 0.553. The monoisotopic (exact) mass is 456 g/mol. The fourth-order valence-corrected chi connectivity index (χ4v) is 4.63. The Balaban J connectivity index is 1.33. The molecule has 0 saturated carbocycles. The van der Waals surface area contributed by atoms with Crippen LogP contribution in [0.3, 0.4) is 0 Å². The second kappa shape index (κ2) is 9.44. The van der Waals surface area contributed by atoms with Gasteiger partial charge in [-0.15, -0.1) is 11.3 Å². The van der Waals surface area contributed by atoms with Crippen LogP contribution in [-0.2, 0) is 4.79 Å². The zero-order chi connectivity index (χ0) is 21.8. The molecule has 1 aliphatic rings. The molecule has 1 saturated heterocycles. The molecule has 162 valence electrons. The zero-order valence-corrected chi connectivity index (χ0v) is 18.7. The highest BCUT2D eigenvalue weighted by Gasteiger charge is 2.27. The number of para-hydroxylation sites is 1. The molecular weight excluding hydrogens is 432 g/mol. The standard InChI is InChI=1S/C21H24N6O2S2/c1-14(27-18(24-25-21(27)30)17-8-5-13-31-17)19(28)22-16-9-11-26(12-10-16)20(29)23-15-6-3-2-4-7-15/h2-8,13-14,16H,9-12H2,1H3,(H,22,28)(H,23,29)(H,25,30). The summed E-state index contributed by atoms with van der Waals surface area (Å²) in [6.07, 6.45) is 1.41. The van der Waals surface area contributed by atoms with E-state index in [4.69, 9.17) is 12.2 Å². The first-order valence-corrected chi connectivity index (χ1v) is 11.4. The Kier molecular flexibility index (Phi) is 6.47. The lowest BCUT2D eigenvalue weighted by Gasteiger charge is -2.33. The van der Waals surface area contributed by atoms with Crippen molar-refractivity contribution in [3.63, 3.8) is 0 Å². The number of carbonyl (C=O) groups excluding carboxylic acids is 2. The largest absolute Gasteiger partial charge is 0.351 e. The summed E-state index contributed by atoms with van der Waals surface area (Å²) >= 11 is 6.91. The molecule has 3 aromatic rings. The Labute approximate surface area is 189 Å². The quantitative estimate of drug-likeness (QED) is 0.505. The molecule has 0 radical (unpaired) electrons. The van der Waals surface area contributed by atoms with E-state index in [2.05, 4.69) is 20.8 Å². The van der Waals surface area contributed by atoms with Crippen LogP contribution < -0.4 is 10.6 Å². The van der Waals surface area contributed by atoms with Crippen molar-refractivity contribution in [1.82, 2.24) is 25.0 Å². The number of aromatic amines is 1. The highest BCUT2D eigenvalue weighted by molar-refractivity contribution is 7.71. The molecule has 4 rings (SSSR count). The number of benzene rings is 1. The molecule has 1 fully saturated rings. The summed E-state index contributed by atoms with van der Waals surface area (Å²) in [7, 11) is 0. The molecule has 1 unspecified atom stereocenters. The van der Waals surface area contributed by atoms with Crippen molar-refractivity contribution in [3.8, 4) is 10.7 Å². The SMILES string of the molecule is CC(C(=O)NC1CCN(C(=O)Nc2ccccc2)CC1)n1c(-c2cccs2)n[nH]c1=S. The molecule has 10 heteroatoms. The van der Waals surface area contributed by atoms with Gasteiger partial charge in [-0.2, -0.15) is 5.10 Å².